The molecular formula is C67H66N2. The van der Waals surface area contributed by atoms with Crippen molar-refractivity contribution in [1.82, 2.24) is 0 Å². The number of nitrogens with zero attached hydrogens (tertiary/aromatic N) is 2. The van der Waals surface area contributed by atoms with E-state index in [4.69, 9.17) is 0 Å². The standard InChI is InChI=1S/C67H66N2/c1-64(2,3)48-30-36-52(37-31-48)68(51-34-28-46(29-35-51)56-26-19-23-45-20-15-16-24-55(45)56)61-42-50(66(7,8)9)43-62(63(61)47-21-13-12-14-22-47)69(53-38-32-49(33-39-53)65(4,5)6)54-40-41-58-57-25-17-18-27-59(57)67(10,11)60(58)44-54/h12-44H,1-11H3. The van der Waals surface area contributed by atoms with Gasteiger partial charge in [-0.05, 0) is 143 Å². The van der Waals surface area contributed by atoms with Gasteiger partial charge in [0.1, 0.15) is 0 Å². The second kappa shape index (κ2) is 17.1. The van der Waals surface area contributed by atoms with Crippen LogP contribution in [-0.2, 0) is 21.7 Å². The van der Waals surface area contributed by atoms with Gasteiger partial charge in [0, 0.05) is 33.7 Å². The van der Waals surface area contributed by atoms with Crippen LogP contribution in [0.2, 0.25) is 0 Å². The van der Waals surface area contributed by atoms with Gasteiger partial charge >= 0.3 is 0 Å². The quantitative estimate of drug-likeness (QED) is 0.150. The number of benzene rings is 9. The lowest BCUT2D eigenvalue weighted by atomic mass is 9.82. The molecule has 0 aromatic heterocycles. The molecule has 0 saturated heterocycles. The number of anilines is 6. The summed E-state index contributed by atoms with van der Waals surface area (Å²) in [6.45, 7) is 25.6. The molecule has 1 aliphatic carbocycles. The number of hydrogen-bond acceptors (Lipinski definition) is 2. The van der Waals surface area contributed by atoms with Crippen LogP contribution in [0.5, 0.6) is 0 Å². The average Bonchev–Trinajstić information content (AvgIpc) is 3.56. The van der Waals surface area contributed by atoms with Crippen LogP contribution in [0.15, 0.2) is 200 Å². The molecule has 0 amide bonds. The normalized spacial score (nSPS) is 13.3. The largest absolute Gasteiger partial charge is 0.310 e. The molecule has 0 fully saturated rings. The molecule has 0 bridgehead atoms. The predicted octanol–water partition coefficient (Wildman–Crippen LogP) is 19.3. The zero-order valence-electron chi connectivity index (χ0n) is 42.4. The number of fused-ring (bicyclic) bond motifs is 4. The van der Waals surface area contributed by atoms with Crippen molar-refractivity contribution in [2.24, 2.45) is 0 Å². The monoisotopic (exact) mass is 899 g/mol. The van der Waals surface area contributed by atoms with Crippen LogP contribution in [0.1, 0.15) is 104 Å². The zero-order valence-corrected chi connectivity index (χ0v) is 42.4. The lowest BCUT2D eigenvalue weighted by Crippen LogP contribution is -2.20. The van der Waals surface area contributed by atoms with Gasteiger partial charge in [-0.1, -0.05) is 216 Å². The van der Waals surface area contributed by atoms with E-state index in [0.717, 1.165) is 45.3 Å². The van der Waals surface area contributed by atoms with Gasteiger partial charge in [-0.25, -0.2) is 0 Å². The highest BCUT2D eigenvalue weighted by Crippen LogP contribution is 2.54. The second-order valence-electron chi connectivity index (χ2n) is 22.7. The van der Waals surface area contributed by atoms with E-state index in [-0.39, 0.29) is 21.7 Å². The average molecular weight is 899 g/mol. The topological polar surface area (TPSA) is 6.48 Å². The second-order valence-corrected chi connectivity index (χ2v) is 22.7. The zero-order chi connectivity index (χ0) is 48.5. The smallest absolute Gasteiger partial charge is 0.0564 e. The van der Waals surface area contributed by atoms with E-state index in [1.165, 1.54) is 60.8 Å². The van der Waals surface area contributed by atoms with E-state index in [2.05, 4.69) is 286 Å². The van der Waals surface area contributed by atoms with Crippen molar-refractivity contribution in [1.29, 1.82) is 0 Å². The van der Waals surface area contributed by atoms with Crippen LogP contribution in [0, 0.1) is 0 Å². The molecule has 0 spiro atoms. The van der Waals surface area contributed by atoms with Gasteiger partial charge in [0.25, 0.3) is 0 Å². The molecule has 2 heteroatoms. The van der Waals surface area contributed by atoms with Gasteiger partial charge in [0.2, 0.25) is 0 Å². The van der Waals surface area contributed by atoms with Crippen molar-refractivity contribution in [3.63, 3.8) is 0 Å². The van der Waals surface area contributed by atoms with E-state index in [0.29, 0.717) is 0 Å². The molecule has 0 radical (unpaired) electrons. The molecule has 0 heterocycles. The fourth-order valence-corrected chi connectivity index (χ4v) is 10.5. The maximum Gasteiger partial charge on any atom is 0.0564 e. The van der Waals surface area contributed by atoms with E-state index in [1.54, 1.807) is 0 Å². The Balaban J connectivity index is 1.27. The summed E-state index contributed by atoms with van der Waals surface area (Å²) in [4.78, 5) is 5.04. The highest BCUT2D eigenvalue weighted by atomic mass is 15.2. The van der Waals surface area contributed by atoms with Crippen LogP contribution in [-0.4, -0.2) is 0 Å². The van der Waals surface area contributed by atoms with Gasteiger partial charge in [-0.15, -0.1) is 0 Å². The fraction of sp³-hybridized carbons (Fsp3) is 0.224. The minimum atomic E-state index is -0.192. The third-order valence-corrected chi connectivity index (χ3v) is 14.5. The van der Waals surface area contributed by atoms with Gasteiger partial charge in [0.05, 0.1) is 11.4 Å². The third-order valence-electron chi connectivity index (χ3n) is 14.5. The molecule has 9 aromatic carbocycles. The number of rotatable bonds is 8. The van der Waals surface area contributed by atoms with E-state index in [9.17, 15) is 0 Å². The Labute approximate surface area is 412 Å². The summed E-state index contributed by atoms with van der Waals surface area (Å²) < 4.78 is 0. The summed E-state index contributed by atoms with van der Waals surface area (Å²) in [6.07, 6.45) is 0. The SMILES string of the molecule is CC(C)(C)c1ccc(N(c2ccc(-c3cccc4ccccc34)cc2)c2cc(C(C)(C)C)cc(N(c3ccc(C(C)(C)C)cc3)c3ccc4c(c3)C(C)(C)c3ccccc3-4)c2-c2ccccc2)cc1. The first-order chi connectivity index (χ1) is 32.9. The Morgan fingerprint density at radius 1 is 0.333 bits per heavy atom. The Hall–Kier alpha value is -7.16. The Bertz CT molecular complexity index is 3310. The maximum absolute atomic E-state index is 2.54. The first kappa shape index (κ1) is 45.6. The number of hydrogen-bond donors (Lipinski definition) is 0. The highest BCUT2D eigenvalue weighted by molar-refractivity contribution is 6.01. The highest BCUT2D eigenvalue weighted by Gasteiger charge is 2.36. The third kappa shape index (κ3) is 8.45. The van der Waals surface area contributed by atoms with Gasteiger partial charge < -0.3 is 9.80 Å². The van der Waals surface area contributed by atoms with Crippen LogP contribution in [0.3, 0.4) is 0 Å². The molecule has 69 heavy (non-hydrogen) atoms. The lowest BCUT2D eigenvalue weighted by molar-refractivity contribution is 0.589. The van der Waals surface area contributed by atoms with Crippen molar-refractivity contribution < 1.29 is 0 Å². The van der Waals surface area contributed by atoms with E-state index >= 15 is 0 Å². The molecule has 0 N–H and O–H groups in total. The first-order valence-electron chi connectivity index (χ1n) is 24.8. The minimum Gasteiger partial charge on any atom is -0.310 e. The molecule has 1 aliphatic rings. The summed E-state index contributed by atoms with van der Waals surface area (Å²) in [5.74, 6) is 0. The van der Waals surface area contributed by atoms with Crippen LogP contribution in [0.4, 0.5) is 34.1 Å². The molecular weight excluding hydrogens is 833 g/mol. The molecule has 10 rings (SSSR count). The molecule has 344 valence electrons. The Kier molecular flexibility index (Phi) is 11.3. The van der Waals surface area contributed by atoms with E-state index < -0.39 is 0 Å². The van der Waals surface area contributed by atoms with Crippen molar-refractivity contribution >= 4 is 44.9 Å². The van der Waals surface area contributed by atoms with Crippen molar-refractivity contribution in [2.75, 3.05) is 9.80 Å². The van der Waals surface area contributed by atoms with Crippen molar-refractivity contribution in [3.8, 4) is 33.4 Å². The van der Waals surface area contributed by atoms with Crippen LogP contribution in [0.25, 0.3) is 44.2 Å². The maximum atomic E-state index is 2.54. The van der Waals surface area contributed by atoms with Crippen molar-refractivity contribution in [2.45, 2.75) is 97.8 Å². The lowest BCUT2D eigenvalue weighted by Gasteiger charge is -2.36. The summed E-state index contributed by atoms with van der Waals surface area (Å²) in [5, 5.41) is 2.50. The Morgan fingerprint density at radius 2 is 0.783 bits per heavy atom. The molecule has 0 unspecified atom stereocenters. The molecule has 2 nitrogen and oxygen atoms in total. The van der Waals surface area contributed by atoms with Crippen molar-refractivity contribution in [3.05, 3.63) is 228 Å². The summed E-state index contributed by atoms with van der Waals surface area (Å²) >= 11 is 0. The summed E-state index contributed by atoms with van der Waals surface area (Å²) in [6, 6.07) is 75.3. The van der Waals surface area contributed by atoms with Gasteiger partial charge in [-0.3, -0.25) is 0 Å². The molecule has 9 aromatic rings. The van der Waals surface area contributed by atoms with Gasteiger partial charge in [-0.2, -0.15) is 0 Å². The minimum absolute atomic E-state index is 0.00677. The molecule has 0 aliphatic heterocycles. The summed E-state index contributed by atoms with van der Waals surface area (Å²) in [7, 11) is 0. The first-order valence-corrected chi connectivity index (χ1v) is 24.8. The van der Waals surface area contributed by atoms with Crippen LogP contribution < -0.4 is 9.80 Å². The fourth-order valence-electron chi connectivity index (χ4n) is 10.5. The van der Waals surface area contributed by atoms with Gasteiger partial charge in [0.15, 0.2) is 0 Å². The van der Waals surface area contributed by atoms with Crippen LogP contribution >= 0.6 is 0 Å². The molecule has 0 atom stereocenters. The summed E-state index contributed by atoms with van der Waals surface area (Å²) in [5.41, 5.74) is 20.3. The molecule has 0 saturated carbocycles. The Morgan fingerprint density at radius 3 is 1.36 bits per heavy atom. The predicted molar refractivity (Wildman–Crippen MR) is 298 cm³/mol. The van der Waals surface area contributed by atoms with E-state index in [1.807, 2.05) is 0 Å².